The van der Waals surface area contributed by atoms with Crippen molar-refractivity contribution in [1.82, 2.24) is 0 Å². The molecule has 4 amide bonds. The number of nitrogens with zero attached hydrogens (tertiary/aromatic N) is 4. The van der Waals surface area contributed by atoms with Gasteiger partial charge in [0.15, 0.2) is 0 Å². The van der Waals surface area contributed by atoms with E-state index in [0.717, 1.165) is 77.9 Å². The number of unbranched alkanes of at least 4 members (excludes halogenated alkanes) is 21. The van der Waals surface area contributed by atoms with Gasteiger partial charge in [-0.2, -0.15) is 0 Å². The Morgan fingerprint density at radius 3 is 0.949 bits per heavy atom. The van der Waals surface area contributed by atoms with Crippen LogP contribution in [0.25, 0.3) is 43.2 Å². The summed E-state index contributed by atoms with van der Waals surface area (Å²) >= 11 is 10.7. The molecule has 8 nitrogen and oxygen atoms in total. The average Bonchev–Trinajstić information content (AvgIpc) is 1.59. The molecule has 0 atom stereocenters. The van der Waals surface area contributed by atoms with Gasteiger partial charge in [0.2, 0.25) is 0 Å². The summed E-state index contributed by atoms with van der Waals surface area (Å²) in [6.45, 7) is 13.9. The molecule has 0 N–H and O–H groups in total. The van der Waals surface area contributed by atoms with Crippen molar-refractivity contribution in [2.75, 3.05) is 47.8 Å². The molecular weight excluding hydrogens is 1520 g/mol. The summed E-state index contributed by atoms with van der Waals surface area (Å²) in [5.74, 6) is -0.548. The van der Waals surface area contributed by atoms with Crippen molar-refractivity contribution < 1.29 is 19.2 Å². The van der Waals surface area contributed by atoms with Gasteiger partial charge in [-0.25, -0.2) is 0 Å². The Bertz CT molecular complexity index is 3710. The number of likely N-dealkylation sites (N-methyl/N-ethyl adjacent to an activating group) is 4. The van der Waals surface area contributed by atoms with Crippen LogP contribution in [-0.4, -0.2) is 70.2 Å². The molecular formula is C85H110Br2N4O4S3Sn. The van der Waals surface area contributed by atoms with E-state index in [4.69, 9.17) is 0 Å². The van der Waals surface area contributed by atoms with Crippen molar-refractivity contribution in [1.29, 1.82) is 0 Å². The number of carbonyl (C=O) groups is 4. The van der Waals surface area contributed by atoms with E-state index in [1.165, 1.54) is 191 Å². The second kappa shape index (κ2) is 38.6. The molecule has 7 heterocycles. The molecule has 14 heteroatoms. The standard InChI is InChI=1S/C50H66N2O2S2.C18H12Br2N2O2.C5H5S.3C4H9.Sn/c1-5-7-9-11-13-15-17-19-21-23-25-39-29-33-45(55-39)37-27-31-41-43(35-37)51(3)49(53)47(41)48-42-32-28-38(36-44(42)52(4)50(48)54)46-34-30-40(56-46)26-24-22-20-18-16-14-12-10-8-6-2;1-21-13-7-9(19)3-5-11(13)15(17(21)23)16-12-6-4-10(20)8-14(12)22(2)18(16)24;1-5-3-2-4-6-5;3*1-3-4-2;/h27-36H,5-26H2,1-4H3;3-8H,1-2H3;2-3H,1H3;3*1,3-4H2,2H3;/b48-47+;16-15+;;;;;. The van der Waals surface area contributed by atoms with Crippen molar-refractivity contribution in [3.63, 3.8) is 0 Å². The van der Waals surface area contributed by atoms with Gasteiger partial charge in [-0.05, 0) is 97.5 Å². The number of rotatable bonds is 34. The molecule has 0 bridgehead atoms. The third-order valence-corrected chi connectivity index (χ3v) is 43.4. The van der Waals surface area contributed by atoms with E-state index in [0.29, 0.717) is 22.3 Å². The number of fused-ring (bicyclic) bond motifs is 4. The maximum absolute atomic E-state index is 13.9. The summed E-state index contributed by atoms with van der Waals surface area (Å²) < 4.78 is 8.47. The summed E-state index contributed by atoms with van der Waals surface area (Å²) in [5, 5.41) is 0. The summed E-state index contributed by atoms with van der Waals surface area (Å²) in [6, 6.07) is 37.8. The molecule has 3 aromatic heterocycles. The van der Waals surface area contributed by atoms with Crippen LogP contribution in [0.1, 0.15) is 238 Å². The topological polar surface area (TPSA) is 81.2 Å². The van der Waals surface area contributed by atoms with Gasteiger partial charge < -0.3 is 19.6 Å². The van der Waals surface area contributed by atoms with E-state index < -0.39 is 18.4 Å². The maximum Gasteiger partial charge on any atom is 0.259 e. The van der Waals surface area contributed by atoms with Gasteiger partial charge in [0.1, 0.15) is 0 Å². The Kier molecular flexibility index (Phi) is 30.5. The molecule has 0 unspecified atom stereocenters. The molecule has 4 aliphatic heterocycles. The maximum atomic E-state index is 13.9. The molecule has 0 spiro atoms. The monoisotopic (exact) mass is 1620 g/mol. The van der Waals surface area contributed by atoms with E-state index in [1.54, 1.807) is 47.0 Å². The SMILES string of the molecule is CCCCCCCCCCCCc1ccc(-c2ccc3c(c2)N(C)C(=O)/C3=C2/C(=O)N(C)c3cc(-c4ccc(CCCCCCCCCCCC)s4)ccc32)s1.CCC[CH2][Sn]([CH2]CCC)([CH2]CCC)[c]1ccc(C)s1.CN1C(=O)/C(=C2/C(=O)N(C)c3cc(Br)ccc32)c2ccc(Br)cc21. The summed E-state index contributed by atoms with van der Waals surface area (Å²) in [4.78, 5) is 67.1. The van der Waals surface area contributed by atoms with Gasteiger partial charge in [-0.3, -0.25) is 19.2 Å². The van der Waals surface area contributed by atoms with E-state index in [1.807, 2.05) is 76.1 Å². The van der Waals surface area contributed by atoms with Crippen LogP contribution in [0.5, 0.6) is 0 Å². The van der Waals surface area contributed by atoms with Crippen LogP contribution in [0.4, 0.5) is 22.7 Å². The molecule has 0 radical (unpaired) electrons. The summed E-state index contributed by atoms with van der Waals surface area (Å²) in [5.41, 5.74) is 10.8. The molecule has 4 aromatic carbocycles. The number of hydrogen-bond acceptors (Lipinski definition) is 7. The fraction of sp³-hybridized carbons (Fsp3) is 0.482. The summed E-state index contributed by atoms with van der Waals surface area (Å²) in [6.07, 6.45) is 37.9. The predicted octanol–water partition coefficient (Wildman–Crippen LogP) is 25.1. The van der Waals surface area contributed by atoms with Crippen LogP contribution in [0.15, 0.2) is 118 Å². The number of carbonyl (C=O) groups excluding carboxylic acids is 4. The molecule has 11 rings (SSSR count). The van der Waals surface area contributed by atoms with Gasteiger partial charge in [0, 0.05) is 78.9 Å². The molecule has 7 aromatic rings. The van der Waals surface area contributed by atoms with Gasteiger partial charge >= 0.3 is 129 Å². The molecule has 99 heavy (non-hydrogen) atoms. The average molecular weight is 1630 g/mol. The Hall–Kier alpha value is -4.90. The van der Waals surface area contributed by atoms with Crippen LogP contribution >= 0.6 is 65.9 Å². The second-order valence-electron chi connectivity index (χ2n) is 28.1. The Morgan fingerprint density at radius 1 is 0.333 bits per heavy atom. The number of halogens is 2. The number of amides is 4. The largest absolute Gasteiger partial charge is 0.311 e. The summed E-state index contributed by atoms with van der Waals surface area (Å²) in [7, 11) is 7.13. The van der Waals surface area contributed by atoms with Crippen molar-refractivity contribution in [3.8, 4) is 20.9 Å². The first-order chi connectivity index (χ1) is 48.0. The zero-order valence-electron chi connectivity index (χ0n) is 61.2. The molecule has 0 saturated heterocycles. The molecule has 4 aliphatic rings. The first kappa shape index (κ1) is 78.2. The predicted molar refractivity (Wildman–Crippen MR) is 440 cm³/mol. The first-order valence-electron chi connectivity index (χ1n) is 37.7. The second-order valence-corrected chi connectivity index (χ2v) is 47.8. The quantitative estimate of drug-likeness (QED) is 0.0229. The van der Waals surface area contributed by atoms with E-state index in [9.17, 15) is 19.2 Å². The number of hydrogen-bond donors (Lipinski definition) is 0. The Morgan fingerprint density at radius 2 is 0.636 bits per heavy atom. The molecule has 0 aliphatic carbocycles. The molecule has 530 valence electrons. The van der Waals surface area contributed by atoms with E-state index >= 15 is 0 Å². The minimum Gasteiger partial charge on any atom is -0.311 e. The fourth-order valence-corrected chi connectivity index (χ4v) is 38.0. The van der Waals surface area contributed by atoms with Gasteiger partial charge in [-0.1, -0.05) is 198 Å². The van der Waals surface area contributed by atoms with Crippen LogP contribution in [-0.2, 0) is 32.0 Å². The normalized spacial score (nSPS) is 15.5. The van der Waals surface area contributed by atoms with Gasteiger partial charge in [-0.15, -0.1) is 22.7 Å². The van der Waals surface area contributed by atoms with Crippen molar-refractivity contribution in [2.24, 2.45) is 0 Å². The van der Waals surface area contributed by atoms with Crippen LogP contribution in [0.3, 0.4) is 0 Å². The number of thiophene rings is 3. The molecule has 0 fully saturated rings. The number of anilines is 4. The van der Waals surface area contributed by atoms with E-state index in [2.05, 4.69) is 158 Å². The zero-order chi connectivity index (χ0) is 70.6. The molecule has 0 saturated carbocycles. The third kappa shape index (κ3) is 19.5. The smallest absolute Gasteiger partial charge is 0.259 e. The van der Waals surface area contributed by atoms with Crippen LogP contribution in [0.2, 0.25) is 13.3 Å². The zero-order valence-corrected chi connectivity index (χ0v) is 69.7. The Labute approximate surface area is 627 Å². The third-order valence-electron chi connectivity index (χ3n) is 20.7. The van der Waals surface area contributed by atoms with E-state index in [-0.39, 0.29) is 23.6 Å². The van der Waals surface area contributed by atoms with Crippen LogP contribution < -0.4 is 22.5 Å². The van der Waals surface area contributed by atoms with Crippen molar-refractivity contribution in [3.05, 3.63) is 155 Å². The number of benzene rings is 4. The minimum absolute atomic E-state index is 0.117. The van der Waals surface area contributed by atoms with Crippen molar-refractivity contribution in [2.45, 2.75) is 235 Å². The number of aryl methyl sites for hydroxylation is 3. The van der Waals surface area contributed by atoms with Gasteiger partial charge in [0.25, 0.3) is 23.6 Å². The van der Waals surface area contributed by atoms with Crippen LogP contribution in [0, 0.1) is 6.92 Å². The fourth-order valence-electron chi connectivity index (χ4n) is 14.8. The Balaban J connectivity index is 0.000000216. The first-order valence-corrected chi connectivity index (χ1v) is 49.3. The van der Waals surface area contributed by atoms with Gasteiger partial charge in [0.05, 0.1) is 45.0 Å². The minimum atomic E-state index is -2.06. The van der Waals surface area contributed by atoms with Crippen molar-refractivity contribution >= 4 is 156 Å².